The van der Waals surface area contributed by atoms with Gasteiger partial charge in [-0.15, -0.1) is 0 Å². The third kappa shape index (κ3) is 5.46. The molecule has 9 heteroatoms. The molecule has 2 aromatic carbocycles. The van der Waals surface area contributed by atoms with Crippen molar-refractivity contribution in [2.45, 2.75) is 13.0 Å². The summed E-state index contributed by atoms with van der Waals surface area (Å²) in [7, 11) is 0. The van der Waals surface area contributed by atoms with Crippen LogP contribution in [-0.2, 0) is 9.59 Å². The Hall–Kier alpha value is -2.68. The average molecular weight is 488 g/mol. The second-order valence-electron chi connectivity index (χ2n) is 7.95. The number of hydrogen-bond acceptors (Lipinski definition) is 5. The first-order valence-corrected chi connectivity index (χ1v) is 11.8. The van der Waals surface area contributed by atoms with Crippen molar-refractivity contribution in [2.75, 3.05) is 32.7 Å². The van der Waals surface area contributed by atoms with Gasteiger partial charge >= 0.3 is 0 Å². The van der Waals surface area contributed by atoms with Crippen molar-refractivity contribution in [1.82, 2.24) is 14.7 Å². The van der Waals surface area contributed by atoms with Crippen LogP contribution in [0.1, 0.15) is 24.1 Å². The summed E-state index contributed by atoms with van der Waals surface area (Å²) < 4.78 is 13.5. The van der Waals surface area contributed by atoms with E-state index in [1.165, 1.54) is 17.0 Å². The fourth-order valence-electron chi connectivity index (χ4n) is 4.01. The van der Waals surface area contributed by atoms with Crippen molar-refractivity contribution in [2.24, 2.45) is 0 Å². The smallest absolute Gasteiger partial charge is 0.293 e. The van der Waals surface area contributed by atoms with Crippen LogP contribution in [0.3, 0.4) is 0 Å². The van der Waals surface area contributed by atoms with Crippen molar-refractivity contribution in [3.05, 3.63) is 75.4 Å². The third-order valence-electron chi connectivity index (χ3n) is 5.85. The van der Waals surface area contributed by atoms with Crippen LogP contribution in [0.25, 0.3) is 6.08 Å². The number of carbonyl (C=O) groups is 3. The Morgan fingerprint density at radius 2 is 1.70 bits per heavy atom. The molecular formula is C24H23ClFN3O3S. The molecule has 3 amide bonds. The van der Waals surface area contributed by atoms with E-state index < -0.39 is 0 Å². The average Bonchev–Trinajstić information content (AvgIpc) is 3.06. The first kappa shape index (κ1) is 23.5. The van der Waals surface area contributed by atoms with E-state index in [9.17, 15) is 18.8 Å². The summed E-state index contributed by atoms with van der Waals surface area (Å²) >= 11 is 6.83. The minimum atomic E-state index is -0.352. The molecule has 1 unspecified atom stereocenters. The van der Waals surface area contributed by atoms with Gasteiger partial charge in [0.15, 0.2) is 0 Å². The molecule has 6 nitrogen and oxygen atoms in total. The number of thioether (sulfide) groups is 1. The Kier molecular flexibility index (Phi) is 7.17. The van der Waals surface area contributed by atoms with Crippen LogP contribution in [-0.4, -0.2) is 64.5 Å². The van der Waals surface area contributed by atoms with Crippen molar-refractivity contribution >= 4 is 46.5 Å². The number of imide groups is 1. The SMILES string of the molecule is CC(=O)N1CCN(C(CN2C(=O)S/C(=C\c3ccc(Cl)cc3)C2=O)c2ccc(F)cc2)CC1. The highest BCUT2D eigenvalue weighted by Crippen LogP contribution is 2.35. The number of nitrogens with zero attached hydrogens (tertiary/aromatic N) is 3. The maximum atomic E-state index is 13.5. The van der Waals surface area contributed by atoms with Gasteiger partial charge in [0.25, 0.3) is 11.1 Å². The van der Waals surface area contributed by atoms with E-state index in [0.29, 0.717) is 36.1 Å². The van der Waals surface area contributed by atoms with E-state index in [0.717, 1.165) is 22.9 Å². The molecule has 0 N–H and O–H groups in total. The minimum Gasteiger partial charge on any atom is -0.340 e. The Bertz CT molecular complexity index is 1080. The fourth-order valence-corrected chi connectivity index (χ4v) is 4.98. The van der Waals surface area contributed by atoms with E-state index in [1.54, 1.807) is 54.3 Å². The van der Waals surface area contributed by atoms with E-state index in [1.807, 2.05) is 0 Å². The maximum absolute atomic E-state index is 13.5. The van der Waals surface area contributed by atoms with E-state index >= 15 is 0 Å². The molecule has 0 aromatic heterocycles. The second kappa shape index (κ2) is 10.1. The molecule has 0 spiro atoms. The standard InChI is InChI=1S/C24H23ClFN3O3S/c1-16(30)27-10-12-28(13-11-27)21(18-4-8-20(26)9-5-18)15-29-23(31)22(33-24(29)32)14-17-2-6-19(25)7-3-17/h2-9,14,21H,10-13,15H2,1H3/b22-14-. The topological polar surface area (TPSA) is 60.9 Å². The molecule has 1 atom stereocenters. The molecule has 2 fully saturated rings. The molecule has 4 rings (SSSR count). The predicted molar refractivity (Wildman–Crippen MR) is 127 cm³/mol. The lowest BCUT2D eigenvalue weighted by atomic mass is 10.0. The van der Waals surface area contributed by atoms with Gasteiger partial charge in [0.2, 0.25) is 5.91 Å². The van der Waals surface area contributed by atoms with Crippen molar-refractivity contribution in [3.8, 4) is 0 Å². The number of hydrogen-bond donors (Lipinski definition) is 0. The number of benzene rings is 2. The highest BCUT2D eigenvalue weighted by atomic mass is 35.5. The molecule has 2 aliphatic heterocycles. The van der Waals surface area contributed by atoms with Gasteiger partial charge in [0.1, 0.15) is 5.82 Å². The highest BCUT2D eigenvalue weighted by molar-refractivity contribution is 8.18. The van der Waals surface area contributed by atoms with Gasteiger partial charge < -0.3 is 4.90 Å². The van der Waals surface area contributed by atoms with Crippen molar-refractivity contribution < 1.29 is 18.8 Å². The fraction of sp³-hybridized carbons (Fsp3) is 0.292. The largest absolute Gasteiger partial charge is 0.340 e. The lowest BCUT2D eigenvalue weighted by Gasteiger charge is -2.40. The van der Waals surface area contributed by atoms with Crippen LogP contribution in [0.15, 0.2) is 53.4 Å². The van der Waals surface area contributed by atoms with E-state index in [2.05, 4.69) is 4.90 Å². The molecule has 2 aromatic rings. The van der Waals surface area contributed by atoms with Crippen LogP contribution in [0.2, 0.25) is 5.02 Å². The summed E-state index contributed by atoms with van der Waals surface area (Å²) in [6.45, 7) is 4.00. The van der Waals surface area contributed by atoms with E-state index in [4.69, 9.17) is 11.6 Å². The first-order chi connectivity index (χ1) is 15.8. The summed E-state index contributed by atoms with van der Waals surface area (Å²) in [4.78, 5) is 43.1. The second-order valence-corrected chi connectivity index (χ2v) is 9.38. The minimum absolute atomic E-state index is 0.0197. The van der Waals surface area contributed by atoms with Gasteiger partial charge in [-0.1, -0.05) is 35.9 Å². The molecule has 0 aliphatic carbocycles. The van der Waals surface area contributed by atoms with Gasteiger partial charge in [0.05, 0.1) is 10.9 Å². The van der Waals surface area contributed by atoms with Crippen LogP contribution in [0.5, 0.6) is 0 Å². The third-order valence-corrected chi connectivity index (χ3v) is 7.01. The van der Waals surface area contributed by atoms with Crippen LogP contribution >= 0.6 is 23.4 Å². The lowest BCUT2D eigenvalue weighted by Crippen LogP contribution is -2.51. The summed E-state index contributed by atoms with van der Waals surface area (Å²) in [5, 5.41) is 0.252. The van der Waals surface area contributed by atoms with Crippen LogP contribution < -0.4 is 0 Å². The number of rotatable bonds is 5. The zero-order valence-corrected chi connectivity index (χ0v) is 19.6. The lowest BCUT2D eigenvalue weighted by molar-refractivity contribution is -0.130. The van der Waals surface area contributed by atoms with Crippen molar-refractivity contribution in [1.29, 1.82) is 0 Å². The first-order valence-electron chi connectivity index (χ1n) is 10.6. The Morgan fingerprint density at radius 1 is 1.06 bits per heavy atom. The zero-order valence-electron chi connectivity index (χ0n) is 18.0. The Labute approximate surface area is 201 Å². The van der Waals surface area contributed by atoms with Gasteiger partial charge in [-0.3, -0.25) is 24.2 Å². The molecule has 2 saturated heterocycles. The van der Waals surface area contributed by atoms with Crippen molar-refractivity contribution in [3.63, 3.8) is 0 Å². The predicted octanol–water partition coefficient (Wildman–Crippen LogP) is 4.42. The maximum Gasteiger partial charge on any atom is 0.293 e. The zero-order chi connectivity index (χ0) is 23.5. The monoisotopic (exact) mass is 487 g/mol. The molecule has 172 valence electrons. The summed E-state index contributed by atoms with van der Waals surface area (Å²) in [6, 6.07) is 12.8. The number of piperazine rings is 1. The molecule has 2 heterocycles. The normalized spacial score (nSPS) is 19.4. The quantitative estimate of drug-likeness (QED) is 0.584. The summed E-state index contributed by atoms with van der Waals surface area (Å²) in [5.41, 5.74) is 1.59. The highest BCUT2D eigenvalue weighted by Gasteiger charge is 2.38. The number of amides is 3. The van der Waals surface area contributed by atoms with E-state index in [-0.39, 0.29) is 35.5 Å². The van der Waals surface area contributed by atoms with Gasteiger partial charge in [-0.2, -0.15) is 0 Å². The van der Waals surface area contributed by atoms with Crippen LogP contribution in [0, 0.1) is 5.82 Å². The summed E-state index contributed by atoms with van der Waals surface area (Å²) in [6.07, 6.45) is 1.68. The molecule has 0 saturated carbocycles. The molecule has 0 radical (unpaired) electrons. The Balaban J connectivity index is 1.56. The number of halogens is 2. The summed E-state index contributed by atoms with van der Waals surface area (Å²) in [5.74, 6) is -0.684. The van der Waals surface area contributed by atoms with Crippen LogP contribution in [0.4, 0.5) is 9.18 Å². The van der Waals surface area contributed by atoms with Gasteiger partial charge in [-0.05, 0) is 53.2 Å². The molecular weight excluding hydrogens is 465 g/mol. The van der Waals surface area contributed by atoms with Gasteiger partial charge in [-0.25, -0.2) is 4.39 Å². The van der Waals surface area contributed by atoms with Gasteiger partial charge in [0, 0.05) is 44.7 Å². The Morgan fingerprint density at radius 3 is 2.30 bits per heavy atom. The molecule has 2 aliphatic rings. The number of carbonyl (C=O) groups excluding carboxylic acids is 3. The molecule has 0 bridgehead atoms. The molecule has 33 heavy (non-hydrogen) atoms.